The summed E-state index contributed by atoms with van der Waals surface area (Å²) in [7, 11) is 0. The van der Waals surface area contributed by atoms with Crippen LogP contribution in [0, 0.1) is 0 Å². The van der Waals surface area contributed by atoms with Crippen LogP contribution in [0.15, 0.2) is 29.6 Å². The molecule has 0 atom stereocenters. The first-order chi connectivity index (χ1) is 7.75. The number of rotatable bonds is 4. The van der Waals surface area contributed by atoms with E-state index in [9.17, 15) is 4.79 Å². The highest BCUT2D eigenvalue weighted by Gasteiger charge is 2.03. The maximum atomic E-state index is 10.7. The van der Waals surface area contributed by atoms with Gasteiger partial charge >= 0.3 is 5.97 Å². The van der Waals surface area contributed by atoms with E-state index in [1.54, 1.807) is 18.2 Å². The SMILES string of the molecule is O=C(O)c1cccc(NCc2csnn2)c1. The van der Waals surface area contributed by atoms with Crippen LogP contribution in [0.25, 0.3) is 0 Å². The van der Waals surface area contributed by atoms with E-state index in [-0.39, 0.29) is 5.56 Å². The number of carboxylic acid groups (broad SMARTS) is 1. The highest BCUT2D eigenvalue weighted by Crippen LogP contribution is 2.11. The minimum absolute atomic E-state index is 0.265. The monoisotopic (exact) mass is 235 g/mol. The highest BCUT2D eigenvalue weighted by atomic mass is 32.1. The van der Waals surface area contributed by atoms with Gasteiger partial charge in [0.15, 0.2) is 0 Å². The van der Waals surface area contributed by atoms with Crippen LogP contribution in [-0.2, 0) is 6.54 Å². The van der Waals surface area contributed by atoms with Crippen LogP contribution in [0.1, 0.15) is 16.1 Å². The fraction of sp³-hybridized carbons (Fsp3) is 0.100. The summed E-state index contributed by atoms with van der Waals surface area (Å²) in [6, 6.07) is 6.65. The lowest BCUT2D eigenvalue weighted by molar-refractivity contribution is 0.0697. The number of hydrogen-bond acceptors (Lipinski definition) is 5. The summed E-state index contributed by atoms with van der Waals surface area (Å²) < 4.78 is 3.74. The standard InChI is InChI=1S/C10H9N3O2S/c14-10(15)7-2-1-3-8(4-7)11-5-9-6-16-13-12-9/h1-4,6,11H,5H2,(H,14,15). The van der Waals surface area contributed by atoms with Crippen LogP contribution in [0.5, 0.6) is 0 Å². The number of nitrogens with one attached hydrogen (secondary N) is 1. The van der Waals surface area contributed by atoms with Gasteiger partial charge in [0.2, 0.25) is 0 Å². The second-order valence-corrected chi connectivity index (χ2v) is 3.75. The Morgan fingerprint density at radius 2 is 2.38 bits per heavy atom. The number of nitrogens with zero attached hydrogens (tertiary/aromatic N) is 2. The summed E-state index contributed by atoms with van der Waals surface area (Å²) in [6.07, 6.45) is 0. The summed E-state index contributed by atoms with van der Waals surface area (Å²) in [4.78, 5) is 10.7. The van der Waals surface area contributed by atoms with Gasteiger partial charge in [0.25, 0.3) is 0 Å². The van der Waals surface area contributed by atoms with Crippen LogP contribution < -0.4 is 5.32 Å². The third kappa shape index (κ3) is 2.54. The van der Waals surface area contributed by atoms with Gasteiger partial charge in [-0.15, -0.1) is 5.10 Å². The van der Waals surface area contributed by atoms with Crippen LogP contribution in [0.2, 0.25) is 0 Å². The molecule has 5 nitrogen and oxygen atoms in total. The molecule has 2 aromatic rings. The molecule has 0 saturated heterocycles. The average Bonchev–Trinajstić information content (AvgIpc) is 2.79. The number of carbonyl (C=O) groups is 1. The van der Waals surface area contributed by atoms with Crippen molar-refractivity contribution < 1.29 is 9.90 Å². The molecule has 0 spiro atoms. The van der Waals surface area contributed by atoms with E-state index in [1.165, 1.54) is 11.5 Å². The summed E-state index contributed by atoms with van der Waals surface area (Å²) in [5.74, 6) is -0.932. The molecule has 2 rings (SSSR count). The van der Waals surface area contributed by atoms with Gasteiger partial charge in [0.05, 0.1) is 17.8 Å². The van der Waals surface area contributed by atoms with E-state index in [1.807, 2.05) is 11.4 Å². The molecule has 0 unspecified atom stereocenters. The highest BCUT2D eigenvalue weighted by molar-refractivity contribution is 7.03. The lowest BCUT2D eigenvalue weighted by Crippen LogP contribution is -2.02. The molecule has 0 amide bonds. The second kappa shape index (κ2) is 4.71. The first-order valence-corrected chi connectivity index (χ1v) is 5.42. The fourth-order valence-electron chi connectivity index (χ4n) is 1.22. The summed E-state index contributed by atoms with van der Waals surface area (Å²) in [6.45, 7) is 0.541. The minimum Gasteiger partial charge on any atom is -0.478 e. The van der Waals surface area contributed by atoms with Crippen molar-refractivity contribution in [3.63, 3.8) is 0 Å². The van der Waals surface area contributed by atoms with E-state index >= 15 is 0 Å². The zero-order valence-corrected chi connectivity index (χ0v) is 9.07. The third-order valence-electron chi connectivity index (χ3n) is 1.99. The molecule has 1 heterocycles. The Labute approximate surface area is 95.9 Å². The Kier molecular flexibility index (Phi) is 3.11. The van der Waals surface area contributed by atoms with Gasteiger partial charge in [0, 0.05) is 11.1 Å². The van der Waals surface area contributed by atoms with Gasteiger partial charge in [-0.25, -0.2) is 4.79 Å². The summed E-state index contributed by atoms with van der Waals surface area (Å²) >= 11 is 1.29. The molecular weight excluding hydrogens is 226 g/mol. The van der Waals surface area contributed by atoms with Crippen LogP contribution >= 0.6 is 11.5 Å². The van der Waals surface area contributed by atoms with E-state index < -0.39 is 5.97 Å². The average molecular weight is 235 g/mol. The molecule has 0 aliphatic carbocycles. The van der Waals surface area contributed by atoms with E-state index in [4.69, 9.17) is 5.11 Å². The molecule has 1 aromatic carbocycles. The molecule has 0 fully saturated rings. The summed E-state index contributed by atoms with van der Waals surface area (Å²) in [5.41, 5.74) is 1.86. The molecule has 2 N–H and O–H groups in total. The van der Waals surface area contributed by atoms with Gasteiger partial charge in [-0.05, 0) is 29.7 Å². The number of carboxylic acids is 1. The largest absolute Gasteiger partial charge is 0.478 e. The Bertz CT molecular complexity index is 485. The van der Waals surface area contributed by atoms with Crippen LogP contribution in [0.4, 0.5) is 5.69 Å². The Hall–Kier alpha value is -1.95. The maximum Gasteiger partial charge on any atom is 0.335 e. The molecule has 16 heavy (non-hydrogen) atoms. The van der Waals surface area contributed by atoms with Crippen molar-refractivity contribution in [3.05, 3.63) is 40.9 Å². The number of anilines is 1. The molecule has 82 valence electrons. The molecule has 1 aromatic heterocycles. The number of aromatic nitrogens is 2. The van der Waals surface area contributed by atoms with Crippen molar-refractivity contribution in [1.29, 1.82) is 0 Å². The van der Waals surface area contributed by atoms with Gasteiger partial charge in [0.1, 0.15) is 0 Å². The Morgan fingerprint density at radius 1 is 1.50 bits per heavy atom. The van der Waals surface area contributed by atoms with Crippen molar-refractivity contribution in [2.45, 2.75) is 6.54 Å². The second-order valence-electron chi connectivity index (χ2n) is 3.14. The predicted molar refractivity (Wildman–Crippen MR) is 60.6 cm³/mol. The molecule has 0 aliphatic rings. The molecule has 0 aliphatic heterocycles. The lowest BCUT2D eigenvalue weighted by atomic mass is 10.2. The lowest BCUT2D eigenvalue weighted by Gasteiger charge is -2.04. The van der Waals surface area contributed by atoms with E-state index in [0.29, 0.717) is 6.54 Å². The van der Waals surface area contributed by atoms with Crippen molar-refractivity contribution in [1.82, 2.24) is 9.59 Å². The molecular formula is C10H9N3O2S. The van der Waals surface area contributed by atoms with Gasteiger partial charge in [-0.1, -0.05) is 10.6 Å². The van der Waals surface area contributed by atoms with Gasteiger partial charge < -0.3 is 10.4 Å². The zero-order valence-electron chi connectivity index (χ0n) is 8.25. The number of aromatic carboxylic acids is 1. The van der Waals surface area contributed by atoms with E-state index in [2.05, 4.69) is 14.9 Å². The normalized spacial score (nSPS) is 10.0. The summed E-state index contributed by atoms with van der Waals surface area (Å²) in [5, 5.41) is 17.6. The first kappa shape index (κ1) is 10.6. The quantitative estimate of drug-likeness (QED) is 0.845. The van der Waals surface area contributed by atoms with E-state index in [0.717, 1.165) is 11.4 Å². The Morgan fingerprint density at radius 3 is 3.06 bits per heavy atom. The third-order valence-corrected chi connectivity index (χ3v) is 2.54. The van der Waals surface area contributed by atoms with Crippen molar-refractivity contribution in [2.24, 2.45) is 0 Å². The smallest absolute Gasteiger partial charge is 0.335 e. The van der Waals surface area contributed by atoms with Crippen molar-refractivity contribution in [3.8, 4) is 0 Å². The predicted octanol–water partition coefficient (Wildman–Crippen LogP) is 1.85. The fourth-order valence-corrected chi connectivity index (χ4v) is 1.67. The first-order valence-electron chi connectivity index (χ1n) is 4.59. The molecule has 0 bridgehead atoms. The Balaban J connectivity index is 2.04. The van der Waals surface area contributed by atoms with Crippen LogP contribution in [0.3, 0.4) is 0 Å². The van der Waals surface area contributed by atoms with Gasteiger partial charge in [-0.3, -0.25) is 0 Å². The number of benzene rings is 1. The molecule has 0 saturated carbocycles. The van der Waals surface area contributed by atoms with Crippen LogP contribution in [-0.4, -0.2) is 20.7 Å². The topological polar surface area (TPSA) is 75.1 Å². The molecule has 6 heteroatoms. The maximum absolute atomic E-state index is 10.7. The minimum atomic E-state index is -0.932. The van der Waals surface area contributed by atoms with Crippen molar-refractivity contribution >= 4 is 23.2 Å². The zero-order chi connectivity index (χ0) is 11.4. The van der Waals surface area contributed by atoms with Crippen molar-refractivity contribution in [2.75, 3.05) is 5.32 Å². The molecule has 0 radical (unpaired) electrons. The van der Waals surface area contributed by atoms with Gasteiger partial charge in [-0.2, -0.15) is 0 Å². The number of hydrogen-bond donors (Lipinski definition) is 2.